The third-order valence-corrected chi connectivity index (χ3v) is 9.85. The lowest BCUT2D eigenvalue weighted by atomic mass is 9.89. The molecule has 2 N–H and O–H groups in total. The van der Waals surface area contributed by atoms with Gasteiger partial charge in [-0.25, -0.2) is 27.4 Å². The number of nitrogens with one attached hydrogen (secondary N) is 2. The summed E-state index contributed by atoms with van der Waals surface area (Å²) >= 11 is 6.72. The number of hydrogen-bond donors (Lipinski definition) is 2. The number of hydrogen-bond acceptors (Lipinski definition) is 9. The number of sulfonamides is 1. The lowest BCUT2D eigenvalue weighted by Crippen LogP contribution is -2.48. The van der Waals surface area contributed by atoms with Gasteiger partial charge in [0.15, 0.2) is 0 Å². The molecule has 1 saturated carbocycles. The second kappa shape index (κ2) is 13.1. The molecule has 1 aromatic carbocycles. The van der Waals surface area contributed by atoms with Crippen LogP contribution in [-0.2, 0) is 16.6 Å². The summed E-state index contributed by atoms with van der Waals surface area (Å²) in [4.78, 5) is 11.3. The summed E-state index contributed by atoms with van der Waals surface area (Å²) in [6, 6.07) is 9.20. The van der Waals surface area contributed by atoms with Gasteiger partial charge in [-0.05, 0) is 57.5 Å². The summed E-state index contributed by atoms with van der Waals surface area (Å²) in [5.74, 6) is 0.388. The predicted octanol–water partition coefficient (Wildman–Crippen LogP) is 3.65. The molecular formula is C29H38ClN9O2S. The number of anilines is 1. The molecule has 1 aliphatic heterocycles. The third-order valence-electron chi connectivity index (χ3n) is 8.24. The first kappa shape index (κ1) is 30.4. The molecule has 2 atom stereocenters. The lowest BCUT2D eigenvalue weighted by molar-refractivity contribution is 0.176. The Morgan fingerprint density at radius 3 is 2.60 bits per heavy atom. The summed E-state index contributed by atoms with van der Waals surface area (Å²) in [7, 11) is 1.11. The molecule has 0 radical (unpaired) electrons. The van der Waals surface area contributed by atoms with Gasteiger partial charge in [-0.1, -0.05) is 30.5 Å². The van der Waals surface area contributed by atoms with Crippen molar-refractivity contribution in [3.05, 3.63) is 52.9 Å². The molecular weight excluding hydrogens is 574 g/mol. The maximum Gasteiger partial charge on any atom is 0.223 e. The maximum atomic E-state index is 11.8. The van der Waals surface area contributed by atoms with Crippen LogP contribution in [0.25, 0.3) is 16.9 Å². The fourth-order valence-corrected chi connectivity index (χ4v) is 7.07. The van der Waals surface area contributed by atoms with Gasteiger partial charge in [0.2, 0.25) is 16.0 Å². The summed E-state index contributed by atoms with van der Waals surface area (Å²) < 4.78 is 26.8. The van der Waals surface area contributed by atoms with Crippen LogP contribution >= 0.6 is 11.6 Å². The zero-order valence-corrected chi connectivity index (χ0v) is 25.9. The van der Waals surface area contributed by atoms with Crippen LogP contribution in [0, 0.1) is 11.3 Å². The van der Waals surface area contributed by atoms with E-state index in [9.17, 15) is 13.7 Å². The Kier molecular flexibility index (Phi) is 9.44. The molecule has 2 aliphatic rings. The molecule has 13 heteroatoms. The Balaban J connectivity index is 1.27. The van der Waals surface area contributed by atoms with Crippen molar-refractivity contribution in [3.63, 3.8) is 0 Å². The average Bonchev–Trinajstić information content (AvgIpc) is 3.46. The van der Waals surface area contributed by atoms with Crippen molar-refractivity contribution < 1.29 is 8.42 Å². The number of piperidine rings is 1. The summed E-state index contributed by atoms with van der Waals surface area (Å²) in [5.41, 5.74) is 3.31. The molecule has 42 heavy (non-hydrogen) atoms. The number of aromatic nitrogens is 4. The van der Waals surface area contributed by atoms with Crippen LogP contribution in [0.2, 0.25) is 5.02 Å². The highest BCUT2D eigenvalue weighted by Gasteiger charge is 2.27. The minimum atomic E-state index is -3.20. The topological polar surface area (TPSA) is 132 Å². The standard InChI is InChI=1S/C29H38ClN9O2S/c1-37(2)27-7-5-4-6-25(27)32-16-20-8-9-26(24(30)14-20)39-19-22(18-34-39)28-21(15-31)17-33-29(36-28)35-23-10-12-38(13-11-23)42(3,40)41/h8-9,14,17-19,23,25,27,32H,4-7,10-13,16H2,1-3H3,(H,33,35,36). The van der Waals surface area contributed by atoms with Crippen molar-refractivity contribution in [2.24, 2.45) is 0 Å². The minimum absolute atomic E-state index is 0.0326. The van der Waals surface area contributed by atoms with E-state index in [2.05, 4.69) is 56.8 Å². The average molecular weight is 612 g/mol. The van der Waals surface area contributed by atoms with Crippen molar-refractivity contribution in [1.82, 2.24) is 34.3 Å². The number of halogens is 1. The van der Waals surface area contributed by atoms with E-state index in [4.69, 9.17) is 11.6 Å². The molecule has 0 amide bonds. The van der Waals surface area contributed by atoms with Crippen molar-refractivity contribution in [1.29, 1.82) is 5.26 Å². The van der Waals surface area contributed by atoms with Crippen LogP contribution in [0.4, 0.5) is 5.95 Å². The first-order valence-corrected chi connectivity index (χ1v) is 16.6. The van der Waals surface area contributed by atoms with E-state index in [-0.39, 0.29) is 6.04 Å². The van der Waals surface area contributed by atoms with Gasteiger partial charge in [-0.2, -0.15) is 10.4 Å². The van der Waals surface area contributed by atoms with Crippen molar-refractivity contribution in [2.45, 2.75) is 63.2 Å². The summed E-state index contributed by atoms with van der Waals surface area (Å²) in [6.07, 6.45) is 12.4. The molecule has 5 rings (SSSR count). The molecule has 1 aliphatic carbocycles. The molecule has 3 aromatic rings. The van der Waals surface area contributed by atoms with E-state index in [1.165, 1.54) is 42.4 Å². The second-order valence-corrected chi connectivity index (χ2v) is 13.8. The number of likely N-dealkylation sites (N-methyl/N-ethyl adjacent to an activating group) is 1. The molecule has 224 valence electrons. The van der Waals surface area contributed by atoms with E-state index >= 15 is 0 Å². The van der Waals surface area contributed by atoms with Gasteiger partial charge in [-0.3, -0.25) is 0 Å². The molecule has 2 aromatic heterocycles. The largest absolute Gasteiger partial charge is 0.351 e. The fourth-order valence-electron chi connectivity index (χ4n) is 5.91. The lowest BCUT2D eigenvalue weighted by Gasteiger charge is -2.36. The summed E-state index contributed by atoms with van der Waals surface area (Å²) in [6.45, 7) is 1.63. The molecule has 3 heterocycles. The maximum absolute atomic E-state index is 11.8. The van der Waals surface area contributed by atoms with Crippen LogP contribution < -0.4 is 10.6 Å². The normalized spacial score (nSPS) is 20.5. The van der Waals surface area contributed by atoms with Gasteiger partial charge >= 0.3 is 0 Å². The minimum Gasteiger partial charge on any atom is -0.351 e. The van der Waals surface area contributed by atoms with E-state index in [1.807, 2.05) is 12.1 Å². The van der Waals surface area contributed by atoms with Gasteiger partial charge in [0.1, 0.15) is 6.07 Å². The fraction of sp³-hybridized carbons (Fsp3) is 0.517. The molecule has 0 spiro atoms. The quantitative estimate of drug-likeness (QED) is 0.372. The van der Waals surface area contributed by atoms with Crippen LogP contribution in [0.1, 0.15) is 49.7 Å². The highest BCUT2D eigenvalue weighted by molar-refractivity contribution is 7.88. The highest BCUT2D eigenvalue weighted by atomic mass is 35.5. The second-order valence-electron chi connectivity index (χ2n) is 11.4. The summed E-state index contributed by atoms with van der Waals surface area (Å²) in [5, 5.41) is 21.9. The van der Waals surface area contributed by atoms with Gasteiger partial charge in [-0.15, -0.1) is 0 Å². The van der Waals surface area contributed by atoms with Crippen LogP contribution in [0.3, 0.4) is 0 Å². The number of nitriles is 1. The van der Waals surface area contributed by atoms with Crippen LogP contribution in [0.15, 0.2) is 36.8 Å². The zero-order chi connectivity index (χ0) is 29.9. The molecule has 2 unspecified atom stereocenters. The number of rotatable bonds is 9. The van der Waals surface area contributed by atoms with Gasteiger partial charge in [0.05, 0.1) is 40.6 Å². The van der Waals surface area contributed by atoms with Crippen LogP contribution in [0.5, 0.6) is 0 Å². The molecule has 1 saturated heterocycles. The smallest absolute Gasteiger partial charge is 0.223 e. The van der Waals surface area contributed by atoms with Gasteiger partial charge in [0, 0.05) is 49.5 Å². The predicted molar refractivity (Wildman–Crippen MR) is 164 cm³/mol. The molecule has 11 nitrogen and oxygen atoms in total. The van der Waals surface area contributed by atoms with E-state index in [1.54, 1.807) is 17.1 Å². The Hall–Kier alpha value is -3.08. The highest BCUT2D eigenvalue weighted by Crippen LogP contribution is 2.28. The zero-order valence-electron chi connectivity index (χ0n) is 24.3. The van der Waals surface area contributed by atoms with Crippen molar-refractivity contribution in [3.8, 4) is 23.0 Å². The Morgan fingerprint density at radius 2 is 1.90 bits per heavy atom. The monoisotopic (exact) mass is 611 g/mol. The number of nitrogens with zero attached hydrogens (tertiary/aromatic N) is 7. The van der Waals surface area contributed by atoms with Crippen LogP contribution in [-0.4, -0.2) is 88.9 Å². The SMILES string of the molecule is CN(C)C1CCCCC1NCc1ccc(-n2cc(-c3nc(NC4CCN(S(C)(=O)=O)CC4)ncc3C#N)cn2)c(Cl)c1. The molecule has 2 fully saturated rings. The van der Waals surface area contributed by atoms with E-state index < -0.39 is 10.0 Å². The Bertz CT molecular complexity index is 1540. The molecule has 0 bridgehead atoms. The third kappa shape index (κ3) is 7.10. The van der Waals surface area contributed by atoms with Crippen molar-refractivity contribution in [2.75, 3.05) is 38.8 Å². The van der Waals surface area contributed by atoms with Gasteiger partial charge in [0.25, 0.3) is 0 Å². The Labute approximate surface area is 252 Å². The van der Waals surface area contributed by atoms with E-state index in [0.717, 1.165) is 17.8 Å². The first-order chi connectivity index (χ1) is 20.1. The first-order valence-electron chi connectivity index (χ1n) is 14.3. The van der Waals surface area contributed by atoms with E-state index in [0.29, 0.717) is 65.8 Å². The Morgan fingerprint density at radius 1 is 1.14 bits per heavy atom. The van der Waals surface area contributed by atoms with Crippen molar-refractivity contribution >= 4 is 27.6 Å². The number of benzene rings is 1. The van der Waals surface area contributed by atoms with Gasteiger partial charge < -0.3 is 15.5 Å².